The molecule has 0 saturated carbocycles. The van der Waals surface area contributed by atoms with Crippen LogP contribution in [0.5, 0.6) is 0 Å². The Morgan fingerprint density at radius 3 is 1.38 bits per heavy atom. The summed E-state index contributed by atoms with van der Waals surface area (Å²) in [5, 5.41) is 34.0. The van der Waals surface area contributed by atoms with Gasteiger partial charge in [0.1, 0.15) is 0 Å². The third kappa shape index (κ3) is 4.92. The van der Waals surface area contributed by atoms with Crippen molar-refractivity contribution >= 4 is 63.0 Å². The van der Waals surface area contributed by atoms with E-state index in [1.165, 1.54) is 9.40 Å². The number of rotatable bonds is 4. The summed E-state index contributed by atoms with van der Waals surface area (Å²) in [6.45, 7) is 0. The average molecular weight is 670 g/mol. The predicted molar refractivity (Wildman–Crippen MR) is 208 cm³/mol. The number of thiophene rings is 2. The molecule has 0 saturated heterocycles. The van der Waals surface area contributed by atoms with Gasteiger partial charge in [-0.05, 0) is 124 Å². The van der Waals surface area contributed by atoms with Crippen LogP contribution in [0.2, 0.25) is 0 Å². The lowest BCUT2D eigenvalue weighted by atomic mass is 9.87. The fourth-order valence-electron chi connectivity index (χ4n) is 6.97. The number of benzene rings is 7. The van der Waals surface area contributed by atoms with Crippen LogP contribution in [0, 0.1) is 34.0 Å². The third-order valence-electron chi connectivity index (χ3n) is 9.35. The van der Waals surface area contributed by atoms with Crippen LogP contribution in [0.1, 0.15) is 16.7 Å². The van der Waals surface area contributed by atoms with Gasteiger partial charge in [0.05, 0.1) is 34.9 Å². The minimum absolute atomic E-state index is 0.612. The molecule has 0 N–H and O–H groups in total. The highest BCUT2D eigenvalue weighted by Gasteiger charge is 2.17. The predicted octanol–water partition coefficient (Wildman–Crippen LogP) is 12.7. The van der Waals surface area contributed by atoms with E-state index in [0.717, 1.165) is 75.5 Å². The van der Waals surface area contributed by atoms with Crippen molar-refractivity contribution in [1.29, 1.82) is 15.8 Å². The summed E-state index contributed by atoms with van der Waals surface area (Å²) in [5.74, 6) is 0. The maximum atomic E-state index is 10.4. The molecule has 0 unspecified atom stereocenters. The molecule has 0 aliphatic heterocycles. The van der Waals surface area contributed by atoms with Crippen LogP contribution in [0.25, 0.3) is 84.9 Å². The van der Waals surface area contributed by atoms with E-state index in [2.05, 4.69) is 91.0 Å². The highest BCUT2D eigenvalue weighted by Crippen LogP contribution is 2.43. The molecule has 2 heterocycles. The number of fused-ring (bicyclic) bond motifs is 6. The fraction of sp³-hybridized carbons (Fsp3) is 0. The van der Waals surface area contributed by atoms with Crippen LogP contribution >= 0.6 is 22.7 Å². The molecule has 5 heteroatoms. The summed E-state index contributed by atoms with van der Waals surface area (Å²) in [6, 6.07) is 54.7. The minimum Gasteiger partial charge on any atom is -0.192 e. The van der Waals surface area contributed by atoms with Crippen molar-refractivity contribution in [2.45, 2.75) is 0 Å². The molecule has 0 amide bonds. The van der Waals surface area contributed by atoms with Gasteiger partial charge in [-0.2, -0.15) is 15.8 Å². The van der Waals surface area contributed by atoms with Crippen molar-refractivity contribution in [1.82, 2.24) is 0 Å². The van der Waals surface area contributed by atoms with Gasteiger partial charge in [0.25, 0.3) is 0 Å². The molecule has 9 rings (SSSR count). The minimum atomic E-state index is 0.612. The first-order chi connectivity index (χ1) is 24.6. The zero-order valence-corrected chi connectivity index (χ0v) is 28.1. The fourth-order valence-corrected chi connectivity index (χ4v) is 9.11. The van der Waals surface area contributed by atoms with Crippen LogP contribution in [-0.2, 0) is 0 Å². The Labute approximate surface area is 296 Å². The van der Waals surface area contributed by atoms with Gasteiger partial charge in [-0.1, -0.05) is 54.6 Å². The largest absolute Gasteiger partial charge is 0.192 e. The van der Waals surface area contributed by atoms with Gasteiger partial charge in [0, 0.05) is 45.9 Å². The second-order valence-electron chi connectivity index (χ2n) is 12.3. The van der Waals surface area contributed by atoms with Gasteiger partial charge in [-0.15, -0.1) is 22.7 Å². The summed E-state index contributed by atoms with van der Waals surface area (Å²) >= 11 is 3.46. The van der Waals surface area contributed by atoms with E-state index < -0.39 is 0 Å². The first-order valence-electron chi connectivity index (χ1n) is 16.1. The molecule has 50 heavy (non-hydrogen) atoms. The van der Waals surface area contributed by atoms with Crippen molar-refractivity contribution in [3.05, 3.63) is 156 Å². The zero-order valence-electron chi connectivity index (χ0n) is 26.4. The number of nitriles is 3. The maximum Gasteiger partial charge on any atom is 0.0998 e. The van der Waals surface area contributed by atoms with Crippen molar-refractivity contribution in [3.8, 4) is 62.7 Å². The maximum absolute atomic E-state index is 10.4. The highest BCUT2D eigenvalue weighted by atomic mass is 32.1. The standard InChI is InChI=1S/C45H23N3S2/c46-24-27-9-13-41-37(17-27)39-22-30(11-15-43(39)49-41)33-19-34(31-12-16-44-40(23-31)38-18-28(25-47)10-14-42(38)50-44)21-35(20-33)45-32(26-48)7-4-8-36(45)29-5-2-1-3-6-29/h1-23H. The van der Waals surface area contributed by atoms with Crippen molar-refractivity contribution in [2.75, 3.05) is 0 Å². The highest BCUT2D eigenvalue weighted by molar-refractivity contribution is 7.26. The van der Waals surface area contributed by atoms with Crippen molar-refractivity contribution in [2.24, 2.45) is 0 Å². The van der Waals surface area contributed by atoms with Gasteiger partial charge in [-0.3, -0.25) is 0 Å². The van der Waals surface area contributed by atoms with Crippen LogP contribution in [-0.4, -0.2) is 0 Å². The monoisotopic (exact) mass is 669 g/mol. The quantitative estimate of drug-likeness (QED) is 0.187. The number of hydrogen-bond acceptors (Lipinski definition) is 5. The summed E-state index contributed by atoms with van der Waals surface area (Å²) < 4.78 is 4.64. The summed E-state index contributed by atoms with van der Waals surface area (Å²) in [7, 11) is 0. The van der Waals surface area contributed by atoms with Gasteiger partial charge < -0.3 is 0 Å². The Bertz CT molecular complexity index is 2810. The topological polar surface area (TPSA) is 71.4 Å². The summed E-state index contributed by atoms with van der Waals surface area (Å²) in [6.07, 6.45) is 0. The van der Waals surface area contributed by atoms with Crippen LogP contribution in [0.4, 0.5) is 0 Å². The van der Waals surface area contributed by atoms with Gasteiger partial charge in [0.15, 0.2) is 0 Å². The number of nitrogens with zero attached hydrogens (tertiary/aromatic N) is 3. The molecule has 2 aromatic heterocycles. The van der Waals surface area contributed by atoms with Gasteiger partial charge in [0.2, 0.25) is 0 Å². The first kappa shape index (κ1) is 29.6. The van der Waals surface area contributed by atoms with E-state index in [0.29, 0.717) is 16.7 Å². The van der Waals surface area contributed by atoms with E-state index >= 15 is 0 Å². The Morgan fingerprint density at radius 2 is 0.860 bits per heavy atom. The van der Waals surface area contributed by atoms with Gasteiger partial charge >= 0.3 is 0 Å². The molecule has 0 fully saturated rings. The van der Waals surface area contributed by atoms with Crippen LogP contribution < -0.4 is 0 Å². The normalized spacial score (nSPS) is 11.1. The molecule has 0 aliphatic carbocycles. The molecule has 0 aliphatic rings. The molecule has 0 bridgehead atoms. The van der Waals surface area contributed by atoms with E-state index in [9.17, 15) is 15.8 Å². The smallest absolute Gasteiger partial charge is 0.0998 e. The first-order valence-corrected chi connectivity index (χ1v) is 17.7. The second kappa shape index (κ2) is 11.9. The summed E-state index contributed by atoms with van der Waals surface area (Å²) in [4.78, 5) is 0. The lowest BCUT2D eigenvalue weighted by Crippen LogP contribution is -1.92. The molecular formula is C45H23N3S2. The van der Waals surface area contributed by atoms with E-state index in [1.807, 2.05) is 66.7 Å². The molecule has 7 aromatic carbocycles. The average Bonchev–Trinajstić information content (AvgIpc) is 3.74. The Kier molecular flexibility index (Phi) is 7.01. The molecule has 3 nitrogen and oxygen atoms in total. The zero-order chi connectivity index (χ0) is 33.8. The Hall–Kier alpha value is -6.55. The molecule has 230 valence electrons. The molecule has 0 spiro atoms. The molecule has 9 aromatic rings. The van der Waals surface area contributed by atoms with Gasteiger partial charge in [-0.25, -0.2) is 0 Å². The van der Waals surface area contributed by atoms with Crippen molar-refractivity contribution < 1.29 is 0 Å². The lowest BCUT2D eigenvalue weighted by molar-refractivity contribution is 1.47. The van der Waals surface area contributed by atoms with E-state index in [4.69, 9.17) is 0 Å². The third-order valence-corrected chi connectivity index (χ3v) is 11.7. The second-order valence-corrected chi connectivity index (χ2v) is 14.4. The molecule has 0 atom stereocenters. The van der Waals surface area contributed by atoms with Crippen molar-refractivity contribution in [3.63, 3.8) is 0 Å². The van der Waals surface area contributed by atoms with Crippen LogP contribution in [0.3, 0.4) is 0 Å². The number of hydrogen-bond donors (Lipinski definition) is 0. The Morgan fingerprint density at radius 1 is 0.360 bits per heavy atom. The Balaban J connectivity index is 1.31. The molecular weight excluding hydrogens is 647 g/mol. The lowest BCUT2D eigenvalue weighted by Gasteiger charge is -2.16. The van der Waals surface area contributed by atoms with Crippen LogP contribution in [0.15, 0.2) is 140 Å². The van der Waals surface area contributed by atoms with E-state index in [1.54, 1.807) is 22.7 Å². The summed E-state index contributed by atoms with van der Waals surface area (Å²) in [5.41, 5.74) is 9.97. The molecule has 0 radical (unpaired) electrons. The SMILES string of the molecule is N#Cc1ccc2sc3ccc(-c4cc(-c5ccc6sc7ccc(C#N)cc7c6c5)cc(-c5c(C#N)cccc5-c5ccccc5)c4)cc3c2c1. The van der Waals surface area contributed by atoms with E-state index in [-0.39, 0.29) is 0 Å².